The molecule has 17 heavy (non-hydrogen) atoms. The SMILES string of the molecule is OC(CNCc1c[nH]c2ccccc12)C1CC1. The number of hydrogen-bond donors (Lipinski definition) is 3. The van der Waals surface area contributed by atoms with Gasteiger partial charge in [-0.3, -0.25) is 0 Å². The molecule has 3 heteroatoms. The van der Waals surface area contributed by atoms with Gasteiger partial charge in [0.1, 0.15) is 0 Å². The summed E-state index contributed by atoms with van der Waals surface area (Å²) in [5.74, 6) is 0.547. The first-order valence-corrected chi connectivity index (χ1v) is 6.28. The number of fused-ring (bicyclic) bond motifs is 1. The number of benzene rings is 1. The van der Waals surface area contributed by atoms with E-state index in [1.165, 1.54) is 29.3 Å². The smallest absolute Gasteiger partial charge is 0.0692 e. The van der Waals surface area contributed by atoms with Crippen LogP contribution in [0.2, 0.25) is 0 Å². The van der Waals surface area contributed by atoms with Gasteiger partial charge in [-0.05, 0) is 30.4 Å². The van der Waals surface area contributed by atoms with Gasteiger partial charge in [0.25, 0.3) is 0 Å². The maximum Gasteiger partial charge on any atom is 0.0692 e. The molecule has 1 aromatic carbocycles. The molecule has 0 amide bonds. The normalized spacial score (nSPS) is 17.5. The third kappa shape index (κ3) is 2.35. The molecule has 0 aliphatic heterocycles. The number of aliphatic hydroxyl groups excluding tert-OH is 1. The topological polar surface area (TPSA) is 48.0 Å². The summed E-state index contributed by atoms with van der Waals surface area (Å²) < 4.78 is 0. The van der Waals surface area contributed by atoms with Crippen LogP contribution in [0.5, 0.6) is 0 Å². The molecular weight excluding hydrogens is 212 g/mol. The highest BCUT2D eigenvalue weighted by molar-refractivity contribution is 5.82. The van der Waals surface area contributed by atoms with Gasteiger partial charge in [-0.25, -0.2) is 0 Å². The molecule has 3 N–H and O–H groups in total. The standard InChI is InChI=1S/C14H18N2O/c17-14(10-5-6-10)9-15-7-11-8-16-13-4-2-1-3-12(11)13/h1-4,8,10,14-17H,5-7,9H2. The van der Waals surface area contributed by atoms with E-state index in [-0.39, 0.29) is 6.10 Å². The highest BCUT2D eigenvalue weighted by atomic mass is 16.3. The van der Waals surface area contributed by atoms with Crippen LogP contribution in [0.25, 0.3) is 10.9 Å². The van der Waals surface area contributed by atoms with Gasteiger partial charge < -0.3 is 15.4 Å². The Kier molecular flexibility index (Phi) is 2.87. The first kappa shape index (κ1) is 10.8. The molecule has 0 bridgehead atoms. The van der Waals surface area contributed by atoms with Gasteiger partial charge in [-0.15, -0.1) is 0 Å². The molecule has 90 valence electrons. The van der Waals surface area contributed by atoms with Crippen LogP contribution >= 0.6 is 0 Å². The van der Waals surface area contributed by atoms with Crippen molar-refractivity contribution in [1.29, 1.82) is 0 Å². The minimum absolute atomic E-state index is 0.166. The van der Waals surface area contributed by atoms with Gasteiger partial charge >= 0.3 is 0 Å². The van der Waals surface area contributed by atoms with Gasteiger partial charge in [0.15, 0.2) is 0 Å². The van der Waals surface area contributed by atoms with Crippen LogP contribution in [-0.2, 0) is 6.54 Å². The molecule has 1 saturated carbocycles. The summed E-state index contributed by atoms with van der Waals surface area (Å²) in [6, 6.07) is 8.30. The maximum absolute atomic E-state index is 9.76. The Bertz CT molecular complexity index is 502. The van der Waals surface area contributed by atoms with E-state index in [9.17, 15) is 5.11 Å². The van der Waals surface area contributed by atoms with Crippen LogP contribution in [-0.4, -0.2) is 22.7 Å². The zero-order valence-electron chi connectivity index (χ0n) is 9.82. The third-order valence-corrected chi connectivity index (χ3v) is 3.51. The monoisotopic (exact) mass is 230 g/mol. The first-order valence-electron chi connectivity index (χ1n) is 6.28. The van der Waals surface area contributed by atoms with E-state index in [0.717, 1.165) is 6.54 Å². The summed E-state index contributed by atoms with van der Waals surface area (Å²) in [5, 5.41) is 14.4. The lowest BCUT2D eigenvalue weighted by Crippen LogP contribution is -2.27. The predicted octanol–water partition coefficient (Wildman–Crippen LogP) is 2.03. The van der Waals surface area contributed by atoms with Crippen molar-refractivity contribution < 1.29 is 5.11 Å². The van der Waals surface area contributed by atoms with Crippen LogP contribution in [0.4, 0.5) is 0 Å². The van der Waals surface area contributed by atoms with Gasteiger partial charge in [0.2, 0.25) is 0 Å². The summed E-state index contributed by atoms with van der Waals surface area (Å²) in [6.45, 7) is 1.51. The van der Waals surface area contributed by atoms with E-state index in [2.05, 4.69) is 28.5 Å². The number of aliphatic hydroxyl groups is 1. The Hall–Kier alpha value is -1.32. The zero-order valence-corrected chi connectivity index (χ0v) is 9.82. The molecule has 2 aromatic rings. The summed E-state index contributed by atoms with van der Waals surface area (Å²) in [7, 11) is 0. The van der Waals surface area contributed by atoms with Crippen LogP contribution in [0.15, 0.2) is 30.5 Å². The quantitative estimate of drug-likeness (QED) is 0.736. The highest BCUT2D eigenvalue weighted by Crippen LogP contribution is 2.32. The minimum atomic E-state index is -0.166. The predicted molar refractivity (Wildman–Crippen MR) is 68.7 cm³/mol. The Labute approximate surface area is 101 Å². The molecular formula is C14H18N2O. The number of para-hydroxylation sites is 1. The van der Waals surface area contributed by atoms with E-state index in [1.807, 2.05) is 12.3 Å². The van der Waals surface area contributed by atoms with Crippen molar-refractivity contribution in [2.24, 2.45) is 5.92 Å². The molecule has 0 spiro atoms. The lowest BCUT2D eigenvalue weighted by Gasteiger charge is -2.09. The van der Waals surface area contributed by atoms with Crippen LogP contribution in [0.3, 0.4) is 0 Å². The third-order valence-electron chi connectivity index (χ3n) is 3.51. The van der Waals surface area contributed by atoms with Crippen molar-refractivity contribution in [3.8, 4) is 0 Å². The van der Waals surface area contributed by atoms with Crippen LogP contribution in [0.1, 0.15) is 18.4 Å². The molecule has 3 rings (SSSR count). The number of H-pyrrole nitrogens is 1. The van der Waals surface area contributed by atoms with Crippen LogP contribution in [0, 0.1) is 5.92 Å². The van der Waals surface area contributed by atoms with Crippen molar-refractivity contribution in [2.45, 2.75) is 25.5 Å². The van der Waals surface area contributed by atoms with E-state index in [1.54, 1.807) is 0 Å². The Morgan fingerprint density at radius 1 is 1.35 bits per heavy atom. The molecule has 3 nitrogen and oxygen atoms in total. The Morgan fingerprint density at radius 3 is 3.00 bits per heavy atom. The zero-order chi connectivity index (χ0) is 11.7. The van der Waals surface area contributed by atoms with Crippen molar-refractivity contribution >= 4 is 10.9 Å². The van der Waals surface area contributed by atoms with Crippen molar-refractivity contribution in [3.05, 3.63) is 36.0 Å². The number of nitrogens with one attached hydrogen (secondary N) is 2. The van der Waals surface area contributed by atoms with Crippen LogP contribution < -0.4 is 5.32 Å². The number of aromatic nitrogens is 1. The van der Waals surface area contributed by atoms with Crippen molar-refractivity contribution in [2.75, 3.05) is 6.54 Å². The largest absolute Gasteiger partial charge is 0.392 e. The Balaban J connectivity index is 1.60. The van der Waals surface area contributed by atoms with E-state index < -0.39 is 0 Å². The number of hydrogen-bond acceptors (Lipinski definition) is 2. The highest BCUT2D eigenvalue weighted by Gasteiger charge is 2.29. The second-order valence-electron chi connectivity index (χ2n) is 4.90. The Morgan fingerprint density at radius 2 is 2.18 bits per heavy atom. The van der Waals surface area contributed by atoms with E-state index in [4.69, 9.17) is 0 Å². The lowest BCUT2D eigenvalue weighted by atomic mass is 10.1. The average Bonchev–Trinajstić information content (AvgIpc) is 3.12. The molecule has 1 atom stereocenters. The molecule has 1 aromatic heterocycles. The number of rotatable bonds is 5. The molecule has 1 aliphatic carbocycles. The fourth-order valence-corrected chi connectivity index (χ4v) is 2.28. The van der Waals surface area contributed by atoms with Gasteiger partial charge in [0.05, 0.1) is 6.10 Å². The molecule has 1 unspecified atom stereocenters. The van der Waals surface area contributed by atoms with Gasteiger partial charge in [-0.2, -0.15) is 0 Å². The first-order chi connectivity index (χ1) is 8.34. The lowest BCUT2D eigenvalue weighted by molar-refractivity contribution is 0.148. The second-order valence-corrected chi connectivity index (χ2v) is 4.90. The second kappa shape index (κ2) is 4.51. The fraction of sp³-hybridized carbons (Fsp3) is 0.429. The maximum atomic E-state index is 9.76. The summed E-state index contributed by atoms with van der Waals surface area (Å²) in [6.07, 6.45) is 4.26. The summed E-state index contributed by atoms with van der Waals surface area (Å²) in [5.41, 5.74) is 2.44. The fourth-order valence-electron chi connectivity index (χ4n) is 2.28. The van der Waals surface area contributed by atoms with Gasteiger partial charge in [0, 0.05) is 30.2 Å². The summed E-state index contributed by atoms with van der Waals surface area (Å²) in [4.78, 5) is 3.26. The molecule has 0 saturated heterocycles. The van der Waals surface area contributed by atoms with E-state index >= 15 is 0 Å². The average molecular weight is 230 g/mol. The number of aromatic amines is 1. The molecule has 1 fully saturated rings. The molecule has 0 radical (unpaired) electrons. The molecule has 1 heterocycles. The van der Waals surface area contributed by atoms with E-state index in [0.29, 0.717) is 12.5 Å². The van der Waals surface area contributed by atoms with Crippen molar-refractivity contribution in [3.63, 3.8) is 0 Å². The summed E-state index contributed by atoms with van der Waals surface area (Å²) >= 11 is 0. The molecule has 1 aliphatic rings. The van der Waals surface area contributed by atoms with Crippen molar-refractivity contribution in [1.82, 2.24) is 10.3 Å². The minimum Gasteiger partial charge on any atom is -0.392 e. The van der Waals surface area contributed by atoms with Gasteiger partial charge in [-0.1, -0.05) is 18.2 Å².